The van der Waals surface area contributed by atoms with E-state index in [1.54, 1.807) is 17.2 Å². The van der Waals surface area contributed by atoms with Gasteiger partial charge in [-0.3, -0.25) is 0 Å². The number of piperazine rings is 1. The highest BCUT2D eigenvalue weighted by molar-refractivity contribution is 6.06. The van der Waals surface area contributed by atoms with Crippen molar-refractivity contribution in [2.24, 2.45) is 0 Å². The molecule has 1 aliphatic rings. The summed E-state index contributed by atoms with van der Waals surface area (Å²) in [5.41, 5.74) is 2.11. The number of aromatic nitrogens is 4. The number of hydrogen-bond donors (Lipinski definition) is 3. The van der Waals surface area contributed by atoms with Crippen LogP contribution in [0, 0.1) is 5.41 Å². The lowest BCUT2D eigenvalue weighted by molar-refractivity contribution is 0.0793. The standard InChI is InChI=1S/C30H41N9O4/c1-5-41-17-14-33-27-26(25(31)22(4)42-6-2)36-29(37-28(27)35-24-12-13-32-20-34-24)38-15-16-39(21(3)18-38)30(40)43-19-23-10-8-7-9-11-23/h7-13,20-22,31,33H,5-6,14-19H2,1-4H3,(H,32,34,35,36,37)/t21-,22?/m1/s1. The quantitative estimate of drug-likeness (QED) is 0.184. The topological polar surface area (TPSA) is 151 Å². The van der Waals surface area contributed by atoms with Crippen LogP contribution in [-0.4, -0.2) is 94.8 Å². The number of carbonyl (C=O) groups is 1. The van der Waals surface area contributed by atoms with E-state index >= 15 is 0 Å². The molecule has 13 heteroatoms. The van der Waals surface area contributed by atoms with Crippen molar-refractivity contribution in [2.75, 3.05) is 61.5 Å². The zero-order chi connectivity index (χ0) is 30.6. The fourth-order valence-electron chi connectivity index (χ4n) is 4.66. The molecule has 0 bridgehead atoms. The van der Waals surface area contributed by atoms with Crippen LogP contribution in [0.5, 0.6) is 0 Å². The van der Waals surface area contributed by atoms with Crippen LogP contribution in [-0.2, 0) is 20.8 Å². The molecule has 3 heterocycles. The molecule has 1 saturated heterocycles. The molecular weight excluding hydrogens is 550 g/mol. The van der Waals surface area contributed by atoms with Gasteiger partial charge in [0.25, 0.3) is 0 Å². The van der Waals surface area contributed by atoms with Crippen molar-refractivity contribution in [3.63, 3.8) is 0 Å². The van der Waals surface area contributed by atoms with E-state index in [1.165, 1.54) is 6.33 Å². The van der Waals surface area contributed by atoms with E-state index in [2.05, 4.69) is 20.6 Å². The third kappa shape index (κ3) is 8.58. The predicted octanol–water partition coefficient (Wildman–Crippen LogP) is 4.10. The lowest BCUT2D eigenvalue weighted by atomic mass is 10.1. The second-order valence-electron chi connectivity index (χ2n) is 9.98. The lowest BCUT2D eigenvalue weighted by Gasteiger charge is -2.39. The first-order valence-electron chi connectivity index (χ1n) is 14.6. The zero-order valence-electron chi connectivity index (χ0n) is 25.2. The molecule has 2 aromatic heterocycles. The Morgan fingerprint density at radius 2 is 1.95 bits per heavy atom. The van der Waals surface area contributed by atoms with Gasteiger partial charge in [-0.15, -0.1) is 0 Å². The number of carbonyl (C=O) groups excluding carboxylic acids is 1. The van der Waals surface area contributed by atoms with Crippen LogP contribution >= 0.6 is 0 Å². The molecule has 43 heavy (non-hydrogen) atoms. The van der Waals surface area contributed by atoms with Gasteiger partial charge in [-0.25, -0.2) is 19.7 Å². The van der Waals surface area contributed by atoms with Crippen LogP contribution in [0.1, 0.15) is 39.0 Å². The average Bonchev–Trinajstić information content (AvgIpc) is 3.03. The monoisotopic (exact) mass is 591 g/mol. The number of nitrogens with zero attached hydrogens (tertiary/aromatic N) is 6. The summed E-state index contributed by atoms with van der Waals surface area (Å²) >= 11 is 0. The zero-order valence-corrected chi connectivity index (χ0v) is 25.2. The molecule has 1 fully saturated rings. The molecule has 230 valence electrons. The molecule has 0 saturated carbocycles. The van der Waals surface area contributed by atoms with Gasteiger partial charge in [-0.1, -0.05) is 30.3 Å². The molecule has 0 aliphatic carbocycles. The van der Waals surface area contributed by atoms with Crippen LogP contribution in [0.25, 0.3) is 0 Å². The Hall–Kier alpha value is -4.36. The maximum Gasteiger partial charge on any atom is 0.410 e. The SMILES string of the molecule is CCOCCNc1c(Nc2ccncn2)nc(N2CCN(C(=O)OCc3ccccc3)[C@H](C)C2)nc1C(=N)C(C)OCC. The van der Waals surface area contributed by atoms with Crippen LogP contribution < -0.4 is 15.5 Å². The third-order valence-corrected chi connectivity index (χ3v) is 6.91. The maximum atomic E-state index is 12.9. The summed E-state index contributed by atoms with van der Waals surface area (Å²) in [7, 11) is 0. The number of rotatable bonds is 14. The lowest BCUT2D eigenvalue weighted by Crippen LogP contribution is -2.54. The number of benzene rings is 1. The fourth-order valence-corrected chi connectivity index (χ4v) is 4.66. The van der Waals surface area contributed by atoms with Crippen LogP contribution in [0.2, 0.25) is 0 Å². The minimum atomic E-state index is -0.498. The molecule has 3 aromatic rings. The molecule has 3 N–H and O–H groups in total. The molecule has 1 amide bonds. The number of nitrogens with one attached hydrogen (secondary N) is 3. The molecule has 1 aromatic carbocycles. The van der Waals surface area contributed by atoms with E-state index in [-0.39, 0.29) is 24.5 Å². The summed E-state index contributed by atoms with van der Waals surface area (Å²) in [6, 6.07) is 11.2. The highest BCUT2D eigenvalue weighted by Gasteiger charge is 2.31. The van der Waals surface area contributed by atoms with Gasteiger partial charge in [0, 0.05) is 51.6 Å². The fraction of sp³-hybridized carbons (Fsp3) is 0.467. The molecule has 0 radical (unpaired) electrons. The summed E-state index contributed by atoms with van der Waals surface area (Å²) in [5, 5.41) is 15.6. The Balaban J connectivity index is 1.60. The first kappa shape index (κ1) is 31.6. The summed E-state index contributed by atoms with van der Waals surface area (Å²) in [4.78, 5) is 34.7. The third-order valence-electron chi connectivity index (χ3n) is 6.91. The molecule has 4 rings (SSSR count). The van der Waals surface area contributed by atoms with E-state index < -0.39 is 6.10 Å². The van der Waals surface area contributed by atoms with Crippen molar-refractivity contribution in [3.05, 3.63) is 60.2 Å². The van der Waals surface area contributed by atoms with Gasteiger partial charge in [0.05, 0.1) is 18.4 Å². The van der Waals surface area contributed by atoms with Crippen LogP contribution in [0.4, 0.5) is 28.1 Å². The Kier molecular flexibility index (Phi) is 11.6. The van der Waals surface area contributed by atoms with Gasteiger partial charge < -0.3 is 40.1 Å². The first-order chi connectivity index (χ1) is 20.9. The number of amides is 1. The number of ether oxygens (including phenoxy) is 3. The summed E-state index contributed by atoms with van der Waals surface area (Å²) in [6.45, 7) is 11.3. The maximum absolute atomic E-state index is 12.9. The van der Waals surface area contributed by atoms with E-state index in [4.69, 9.17) is 29.6 Å². The molecule has 1 unspecified atom stereocenters. The average molecular weight is 592 g/mol. The molecule has 13 nitrogen and oxygen atoms in total. The molecule has 0 spiro atoms. The number of anilines is 4. The van der Waals surface area contributed by atoms with E-state index in [1.807, 2.05) is 62.9 Å². The second kappa shape index (κ2) is 15.8. The Morgan fingerprint density at radius 1 is 1.14 bits per heavy atom. The van der Waals surface area contributed by atoms with E-state index in [0.29, 0.717) is 75.0 Å². The molecular formula is C30H41N9O4. The minimum absolute atomic E-state index is 0.159. The Morgan fingerprint density at radius 3 is 2.65 bits per heavy atom. The van der Waals surface area contributed by atoms with Crippen LogP contribution in [0.15, 0.2) is 48.9 Å². The van der Waals surface area contributed by atoms with Gasteiger partial charge in [-0.2, -0.15) is 4.98 Å². The Bertz CT molecular complexity index is 1330. The summed E-state index contributed by atoms with van der Waals surface area (Å²) in [5.74, 6) is 1.43. The van der Waals surface area contributed by atoms with Crippen LogP contribution in [0.3, 0.4) is 0 Å². The van der Waals surface area contributed by atoms with Gasteiger partial charge in [0.15, 0.2) is 5.82 Å². The van der Waals surface area contributed by atoms with E-state index in [0.717, 1.165) is 5.56 Å². The normalized spacial score (nSPS) is 15.6. The van der Waals surface area contributed by atoms with Crippen molar-refractivity contribution in [1.82, 2.24) is 24.8 Å². The predicted molar refractivity (Wildman–Crippen MR) is 165 cm³/mol. The summed E-state index contributed by atoms with van der Waals surface area (Å²) < 4.78 is 16.9. The largest absolute Gasteiger partial charge is 0.445 e. The highest BCUT2D eigenvalue weighted by Crippen LogP contribution is 2.30. The van der Waals surface area contributed by atoms with Gasteiger partial charge in [0.1, 0.15) is 30.1 Å². The molecule has 1 aliphatic heterocycles. The van der Waals surface area contributed by atoms with Crippen molar-refractivity contribution in [1.29, 1.82) is 5.41 Å². The number of hydrogen-bond acceptors (Lipinski definition) is 12. The van der Waals surface area contributed by atoms with E-state index in [9.17, 15) is 4.79 Å². The van der Waals surface area contributed by atoms with Crippen molar-refractivity contribution >= 4 is 35.1 Å². The van der Waals surface area contributed by atoms with Gasteiger partial charge in [0.2, 0.25) is 5.95 Å². The minimum Gasteiger partial charge on any atom is -0.445 e. The van der Waals surface area contributed by atoms with Crippen molar-refractivity contribution < 1.29 is 19.0 Å². The van der Waals surface area contributed by atoms with Gasteiger partial charge >= 0.3 is 6.09 Å². The highest BCUT2D eigenvalue weighted by atomic mass is 16.6. The van der Waals surface area contributed by atoms with Gasteiger partial charge in [-0.05, 0) is 39.3 Å². The molecule has 2 atom stereocenters. The second-order valence-corrected chi connectivity index (χ2v) is 9.98. The first-order valence-corrected chi connectivity index (χ1v) is 14.6. The summed E-state index contributed by atoms with van der Waals surface area (Å²) in [6.07, 6.45) is 2.23. The van der Waals surface area contributed by atoms with Crippen molar-refractivity contribution in [3.8, 4) is 0 Å². The van der Waals surface area contributed by atoms with Crippen molar-refractivity contribution in [2.45, 2.75) is 46.4 Å². The Labute approximate surface area is 252 Å². The smallest absolute Gasteiger partial charge is 0.410 e.